The Hall–Kier alpha value is -3.71. The van der Waals surface area contributed by atoms with Crippen LogP contribution in [0.3, 0.4) is 0 Å². The van der Waals surface area contributed by atoms with Crippen molar-refractivity contribution in [1.29, 1.82) is 0 Å². The predicted molar refractivity (Wildman–Crippen MR) is 136 cm³/mol. The third kappa shape index (κ3) is 6.29. The van der Waals surface area contributed by atoms with Gasteiger partial charge in [0.1, 0.15) is 19.0 Å². The molecule has 0 saturated carbocycles. The predicted octanol–water partition coefficient (Wildman–Crippen LogP) is 6.80. The number of carbonyl (C=O) groups is 3. The van der Waals surface area contributed by atoms with Crippen molar-refractivity contribution in [2.75, 3.05) is 18.1 Å². The van der Waals surface area contributed by atoms with Crippen LogP contribution >= 0.6 is 11.6 Å². The van der Waals surface area contributed by atoms with Crippen molar-refractivity contribution in [1.82, 2.24) is 0 Å². The molecule has 0 bridgehead atoms. The van der Waals surface area contributed by atoms with Crippen LogP contribution in [0.15, 0.2) is 60.7 Å². The highest BCUT2D eigenvalue weighted by Gasteiger charge is 2.24. The highest BCUT2D eigenvalue weighted by molar-refractivity contribution is 6.35. The van der Waals surface area contributed by atoms with Gasteiger partial charge in [-0.25, -0.2) is 14.1 Å². The van der Waals surface area contributed by atoms with Crippen LogP contribution < -0.4 is 4.90 Å². The first-order valence-corrected chi connectivity index (χ1v) is 11.8. The van der Waals surface area contributed by atoms with Crippen molar-refractivity contribution >= 4 is 40.8 Å². The molecule has 0 aliphatic rings. The minimum Gasteiger partial charge on any atom is -0.462 e. The molecule has 0 radical (unpaired) electrons. The van der Waals surface area contributed by atoms with Gasteiger partial charge >= 0.3 is 12.1 Å². The second-order valence-corrected chi connectivity index (χ2v) is 8.92. The van der Waals surface area contributed by atoms with Gasteiger partial charge in [0.15, 0.2) is 5.78 Å². The van der Waals surface area contributed by atoms with Gasteiger partial charge in [0, 0.05) is 11.1 Å². The smallest absolute Gasteiger partial charge is 0.419 e. The minimum absolute atomic E-state index is 0.108. The zero-order valence-electron chi connectivity index (χ0n) is 20.5. The van der Waals surface area contributed by atoms with E-state index in [1.165, 1.54) is 35.2 Å². The van der Waals surface area contributed by atoms with E-state index in [2.05, 4.69) is 0 Å². The second-order valence-electron chi connectivity index (χ2n) is 8.51. The normalized spacial score (nSPS) is 10.8. The van der Waals surface area contributed by atoms with Crippen molar-refractivity contribution < 1.29 is 28.2 Å². The van der Waals surface area contributed by atoms with Crippen LogP contribution in [0.1, 0.15) is 40.9 Å². The fourth-order valence-corrected chi connectivity index (χ4v) is 3.78. The third-order valence-corrected chi connectivity index (χ3v) is 5.76. The van der Waals surface area contributed by atoms with Gasteiger partial charge in [0.2, 0.25) is 0 Å². The molecule has 188 valence electrons. The number of nitrogens with zero attached hydrogens (tertiary/aromatic N) is 1. The number of ketones is 1. The summed E-state index contributed by atoms with van der Waals surface area (Å²) in [6, 6.07) is 15.7. The number of benzene rings is 3. The van der Waals surface area contributed by atoms with Gasteiger partial charge < -0.3 is 9.47 Å². The molecule has 0 aromatic heterocycles. The van der Waals surface area contributed by atoms with Crippen molar-refractivity contribution in [2.24, 2.45) is 5.92 Å². The standard InChI is InChI=1S/C28H27ClFNO5/c1-17(2)27(33)35-13-14-36-28(34)31(25-12-9-20(30)15-19(25)4)21-10-11-23(24(29)16-21)26(32)22-8-6-5-7-18(22)3/h5-12,15-17H,13-14H2,1-4H3. The molecule has 3 rings (SSSR count). The van der Waals surface area contributed by atoms with Gasteiger partial charge in [-0.3, -0.25) is 9.59 Å². The number of rotatable bonds is 8. The van der Waals surface area contributed by atoms with Crippen LogP contribution in [-0.4, -0.2) is 31.1 Å². The summed E-state index contributed by atoms with van der Waals surface area (Å²) in [6.07, 6.45) is -0.778. The average Bonchev–Trinajstić information content (AvgIpc) is 2.83. The lowest BCUT2D eigenvalue weighted by atomic mass is 9.99. The lowest BCUT2D eigenvalue weighted by molar-refractivity contribution is -0.148. The maximum Gasteiger partial charge on any atom is 0.419 e. The number of ether oxygens (including phenoxy) is 2. The summed E-state index contributed by atoms with van der Waals surface area (Å²) < 4.78 is 24.2. The van der Waals surface area contributed by atoms with Crippen molar-refractivity contribution in [3.63, 3.8) is 0 Å². The van der Waals surface area contributed by atoms with E-state index in [0.717, 1.165) is 5.56 Å². The van der Waals surface area contributed by atoms with Crippen LogP contribution in [-0.2, 0) is 14.3 Å². The number of halogens is 2. The SMILES string of the molecule is Cc1ccccc1C(=O)c1ccc(N(C(=O)OCCOC(=O)C(C)C)c2ccc(F)cc2C)cc1Cl. The van der Waals surface area contributed by atoms with Crippen LogP contribution in [0, 0.1) is 25.6 Å². The quantitative estimate of drug-likeness (QED) is 0.189. The van der Waals surface area contributed by atoms with Crippen molar-refractivity contribution in [3.05, 3.63) is 93.8 Å². The number of amides is 1. The van der Waals surface area contributed by atoms with Crippen LogP contribution in [0.2, 0.25) is 5.02 Å². The molecule has 0 fully saturated rings. The van der Waals surface area contributed by atoms with E-state index in [4.69, 9.17) is 21.1 Å². The number of anilines is 2. The number of aryl methyl sites for hydroxylation is 2. The van der Waals surface area contributed by atoms with Gasteiger partial charge in [0.05, 0.1) is 22.3 Å². The fraction of sp³-hybridized carbons (Fsp3) is 0.250. The molecule has 6 nitrogen and oxygen atoms in total. The van der Waals surface area contributed by atoms with Gasteiger partial charge in [-0.1, -0.05) is 49.7 Å². The molecule has 0 aliphatic heterocycles. The molecule has 0 saturated heterocycles. The molecule has 0 spiro atoms. The van der Waals surface area contributed by atoms with E-state index in [-0.39, 0.29) is 35.5 Å². The van der Waals surface area contributed by atoms with Gasteiger partial charge in [-0.15, -0.1) is 0 Å². The average molecular weight is 512 g/mol. The summed E-state index contributed by atoms with van der Waals surface area (Å²) in [5.74, 6) is -1.41. The molecule has 0 heterocycles. The first-order valence-electron chi connectivity index (χ1n) is 11.4. The Bertz CT molecular complexity index is 1290. The Labute approximate surface area is 214 Å². The van der Waals surface area contributed by atoms with Gasteiger partial charge in [0.25, 0.3) is 0 Å². The monoisotopic (exact) mass is 511 g/mol. The fourth-order valence-electron chi connectivity index (χ4n) is 3.52. The van der Waals surface area contributed by atoms with Crippen LogP contribution in [0.4, 0.5) is 20.6 Å². The van der Waals surface area contributed by atoms with E-state index in [1.54, 1.807) is 39.0 Å². The summed E-state index contributed by atoms with van der Waals surface area (Å²) in [7, 11) is 0. The molecular weight excluding hydrogens is 485 g/mol. The molecule has 1 amide bonds. The zero-order chi connectivity index (χ0) is 26.4. The summed E-state index contributed by atoms with van der Waals surface area (Å²) in [4.78, 5) is 39.1. The second kappa shape index (κ2) is 11.8. The highest BCUT2D eigenvalue weighted by atomic mass is 35.5. The topological polar surface area (TPSA) is 72.9 Å². The lowest BCUT2D eigenvalue weighted by Gasteiger charge is -2.24. The van der Waals surface area contributed by atoms with Crippen molar-refractivity contribution in [3.8, 4) is 0 Å². The number of carbonyl (C=O) groups excluding carboxylic acids is 3. The molecule has 36 heavy (non-hydrogen) atoms. The molecule has 0 atom stereocenters. The summed E-state index contributed by atoms with van der Waals surface area (Å²) >= 11 is 6.50. The summed E-state index contributed by atoms with van der Waals surface area (Å²) in [6.45, 7) is 6.61. The van der Waals surface area contributed by atoms with Crippen LogP contribution in [0.25, 0.3) is 0 Å². The Morgan fingerprint density at radius 1 is 0.889 bits per heavy atom. The minimum atomic E-state index is -0.778. The van der Waals surface area contributed by atoms with E-state index in [0.29, 0.717) is 22.5 Å². The number of hydrogen-bond donors (Lipinski definition) is 0. The van der Waals surface area contributed by atoms with E-state index in [1.807, 2.05) is 19.1 Å². The molecule has 0 N–H and O–H groups in total. The highest BCUT2D eigenvalue weighted by Crippen LogP contribution is 2.33. The Morgan fingerprint density at radius 3 is 2.22 bits per heavy atom. The molecule has 3 aromatic rings. The van der Waals surface area contributed by atoms with E-state index >= 15 is 0 Å². The number of esters is 1. The maximum absolute atomic E-state index is 13.8. The molecule has 3 aromatic carbocycles. The maximum atomic E-state index is 13.8. The number of hydrogen-bond acceptors (Lipinski definition) is 5. The van der Waals surface area contributed by atoms with Gasteiger partial charge in [-0.2, -0.15) is 0 Å². The van der Waals surface area contributed by atoms with Crippen LogP contribution in [0.5, 0.6) is 0 Å². The lowest BCUT2D eigenvalue weighted by Crippen LogP contribution is -2.29. The third-order valence-electron chi connectivity index (χ3n) is 5.45. The largest absolute Gasteiger partial charge is 0.462 e. The molecule has 8 heteroatoms. The molecule has 0 aliphatic carbocycles. The Kier molecular flexibility index (Phi) is 8.83. The van der Waals surface area contributed by atoms with Crippen molar-refractivity contribution in [2.45, 2.75) is 27.7 Å². The first-order chi connectivity index (χ1) is 17.1. The molecule has 0 unspecified atom stereocenters. The Balaban J connectivity index is 1.91. The first kappa shape index (κ1) is 26.9. The summed E-state index contributed by atoms with van der Waals surface area (Å²) in [5, 5.41) is 0.143. The Morgan fingerprint density at radius 2 is 1.58 bits per heavy atom. The zero-order valence-corrected chi connectivity index (χ0v) is 21.3. The van der Waals surface area contributed by atoms with E-state index < -0.39 is 17.9 Å². The summed E-state index contributed by atoms with van der Waals surface area (Å²) in [5.41, 5.74) is 2.78. The van der Waals surface area contributed by atoms with Gasteiger partial charge in [-0.05, 0) is 61.4 Å². The van der Waals surface area contributed by atoms with E-state index in [9.17, 15) is 18.8 Å². The molecular formula is C28H27ClFNO5.